The van der Waals surface area contributed by atoms with E-state index in [4.69, 9.17) is 11.5 Å². The molecule has 0 saturated heterocycles. The summed E-state index contributed by atoms with van der Waals surface area (Å²) in [5.74, 6) is -4.64. The van der Waals surface area contributed by atoms with Crippen LogP contribution in [0.15, 0.2) is 42.9 Å². The maximum atomic E-state index is 13.0. The first kappa shape index (κ1) is 29.9. The molecule has 2 aromatic rings. The lowest BCUT2D eigenvalue weighted by molar-refractivity contribution is -0.142. The Labute approximate surface area is 218 Å². The topological polar surface area (TPSA) is 243 Å². The second kappa shape index (κ2) is 14.4. The van der Waals surface area contributed by atoms with Crippen LogP contribution < -0.4 is 27.4 Å². The van der Waals surface area contributed by atoms with Gasteiger partial charge in [-0.15, -0.1) is 0 Å². The zero-order valence-corrected chi connectivity index (χ0v) is 20.8. The summed E-state index contributed by atoms with van der Waals surface area (Å²) in [7, 11) is 0. The number of carboxylic acid groups (broad SMARTS) is 1. The molecule has 38 heavy (non-hydrogen) atoms. The van der Waals surface area contributed by atoms with Crippen molar-refractivity contribution in [1.29, 1.82) is 0 Å². The third-order valence-electron chi connectivity index (χ3n) is 5.60. The van der Waals surface area contributed by atoms with Gasteiger partial charge in [-0.2, -0.15) is 0 Å². The number of aliphatic carboxylic acids is 1. The van der Waals surface area contributed by atoms with Crippen molar-refractivity contribution in [1.82, 2.24) is 25.9 Å². The Morgan fingerprint density at radius 1 is 0.974 bits per heavy atom. The number of aliphatic hydroxyl groups is 1. The van der Waals surface area contributed by atoms with Crippen LogP contribution >= 0.6 is 0 Å². The average Bonchev–Trinajstić information content (AvgIpc) is 3.37. The molecular weight excluding hydrogens is 498 g/mol. The van der Waals surface area contributed by atoms with Crippen molar-refractivity contribution in [3.8, 4) is 0 Å². The van der Waals surface area contributed by atoms with Gasteiger partial charge in [0, 0.05) is 24.7 Å². The van der Waals surface area contributed by atoms with Gasteiger partial charge in [-0.1, -0.05) is 30.3 Å². The van der Waals surface area contributed by atoms with Gasteiger partial charge in [-0.05, 0) is 25.3 Å². The fourth-order valence-corrected chi connectivity index (χ4v) is 3.53. The molecule has 0 aliphatic rings. The van der Waals surface area contributed by atoms with Crippen molar-refractivity contribution >= 4 is 29.6 Å². The first-order valence-electron chi connectivity index (χ1n) is 11.8. The molecule has 14 heteroatoms. The monoisotopic (exact) mass is 531 g/mol. The van der Waals surface area contributed by atoms with Crippen LogP contribution in [0.2, 0.25) is 0 Å². The summed E-state index contributed by atoms with van der Waals surface area (Å²) in [6.45, 7) is 1.26. The second-order valence-electron chi connectivity index (χ2n) is 8.77. The van der Waals surface area contributed by atoms with E-state index in [1.807, 2.05) is 6.07 Å². The van der Waals surface area contributed by atoms with E-state index < -0.39 is 59.9 Å². The van der Waals surface area contributed by atoms with Crippen molar-refractivity contribution in [3.63, 3.8) is 0 Å². The quantitative estimate of drug-likeness (QED) is 0.123. The molecule has 0 saturated carbocycles. The number of imidazole rings is 1. The van der Waals surface area contributed by atoms with Gasteiger partial charge in [0.1, 0.15) is 18.1 Å². The van der Waals surface area contributed by atoms with Gasteiger partial charge in [-0.25, -0.2) is 9.78 Å². The maximum absolute atomic E-state index is 13.0. The second-order valence-corrected chi connectivity index (χ2v) is 8.77. The molecule has 0 fully saturated rings. The zero-order chi connectivity index (χ0) is 28.2. The highest BCUT2D eigenvalue weighted by Crippen LogP contribution is 2.06. The number of nitrogens with one attached hydrogen (secondary N) is 4. The standard InChI is InChI=1S/C24H33N7O7/c1-13(32)20(31-21(34)16(25)9-14-5-3-2-4-6-14)23(36)29-17(7-8-19(26)33)22(35)30-18(24(37)38)10-15-11-27-12-28-15/h2-6,11-13,16-18,20,32H,7-10,25H2,1H3,(H2,26,33)(H,27,28)(H,29,36)(H,30,35)(H,31,34)(H,37,38). The highest BCUT2D eigenvalue weighted by molar-refractivity contribution is 5.94. The Hall–Kier alpha value is -4.30. The molecule has 1 heterocycles. The Bertz CT molecular complexity index is 1090. The number of nitrogens with zero attached hydrogens (tertiary/aromatic N) is 1. The minimum Gasteiger partial charge on any atom is -0.480 e. The fourth-order valence-electron chi connectivity index (χ4n) is 3.53. The first-order chi connectivity index (χ1) is 18.0. The van der Waals surface area contributed by atoms with Gasteiger partial charge in [0.15, 0.2) is 0 Å². The molecule has 1 aromatic carbocycles. The first-order valence-corrected chi connectivity index (χ1v) is 11.8. The van der Waals surface area contributed by atoms with Gasteiger partial charge in [0.25, 0.3) is 0 Å². The van der Waals surface area contributed by atoms with Crippen LogP contribution in [0.1, 0.15) is 31.0 Å². The Kier molecular flexibility index (Phi) is 11.4. The van der Waals surface area contributed by atoms with Gasteiger partial charge < -0.3 is 42.6 Å². The normalized spacial score (nSPS) is 14.8. The molecule has 5 atom stereocenters. The number of aliphatic hydroxyl groups excluding tert-OH is 1. The predicted molar refractivity (Wildman–Crippen MR) is 134 cm³/mol. The molecular formula is C24H33N7O7. The van der Waals surface area contributed by atoms with Crippen LogP contribution in [0.5, 0.6) is 0 Å². The fraction of sp³-hybridized carbons (Fsp3) is 0.417. The molecule has 4 amide bonds. The third-order valence-corrected chi connectivity index (χ3v) is 5.60. The van der Waals surface area contributed by atoms with Crippen LogP contribution in [0.3, 0.4) is 0 Å². The zero-order valence-electron chi connectivity index (χ0n) is 20.8. The highest BCUT2D eigenvalue weighted by Gasteiger charge is 2.32. The number of H-pyrrole nitrogens is 1. The van der Waals surface area contributed by atoms with Crippen LogP contribution in [0.25, 0.3) is 0 Å². The Morgan fingerprint density at radius 3 is 2.18 bits per heavy atom. The summed E-state index contributed by atoms with van der Waals surface area (Å²) in [6, 6.07) is 3.65. The van der Waals surface area contributed by atoms with Gasteiger partial charge >= 0.3 is 5.97 Å². The van der Waals surface area contributed by atoms with E-state index >= 15 is 0 Å². The number of carbonyl (C=O) groups is 5. The summed E-state index contributed by atoms with van der Waals surface area (Å²) >= 11 is 0. The Morgan fingerprint density at radius 2 is 1.63 bits per heavy atom. The lowest BCUT2D eigenvalue weighted by Crippen LogP contribution is -2.60. The summed E-state index contributed by atoms with van der Waals surface area (Å²) in [5, 5.41) is 26.7. The van der Waals surface area contributed by atoms with Gasteiger partial charge in [-0.3, -0.25) is 19.2 Å². The third kappa shape index (κ3) is 9.63. The van der Waals surface area contributed by atoms with Crippen molar-refractivity contribution < 1.29 is 34.2 Å². The minimum absolute atomic E-state index is 0.122. The lowest BCUT2D eigenvalue weighted by atomic mass is 10.0. The van der Waals surface area contributed by atoms with E-state index in [2.05, 4.69) is 25.9 Å². The van der Waals surface area contributed by atoms with Crippen LogP contribution in [-0.4, -0.2) is 80.1 Å². The highest BCUT2D eigenvalue weighted by atomic mass is 16.4. The van der Waals surface area contributed by atoms with E-state index in [-0.39, 0.29) is 25.7 Å². The maximum Gasteiger partial charge on any atom is 0.326 e. The smallest absolute Gasteiger partial charge is 0.326 e. The number of aromatic nitrogens is 2. The molecule has 5 unspecified atom stereocenters. The SMILES string of the molecule is CC(O)C(NC(=O)C(N)Cc1ccccc1)C(=O)NC(CCC(N)=O)C(=O)NC(Cc1cnc[nH]1)C(=O)O. The largest absolute Gasteiger partial charge is 0.480 e. The van der Waals surface area contributed by atoms with Crippen LogP contribution in [-0.2, 0) is 36.8 Å². The average molecular weight is 532 g/mol. The van der Waals surface area contributed by atoms with Crippen LogP contribution in [0, 0.1) is 0 Å². The number of primary amides is 1. The van der Waals surface area contributed by atoms with Crippen molar-refractivity contribution in [2.75, 3.05) is 0 Å². The summed E-state index contributed by atoms with van der Waals surface area (Å²) in [5.41, 5.74) is 12.4. The number of aromatic amines is 1. The molecule has 0 radical (unpaired) electrons. The molecule has 2 rings (SSSR count). The molecule has 14 nitrogen and oxygen atoms in total. The number of nitrogens with two attached hydrogens (primary N) is 2. The molecule has 10 N–H and O–H groups in total. The van der Waals surface area contributed by atoms with E-state index in [1.165, 1.54) is 19.4 Å². The molecule has 0 aliphatic carbocycles. The molecule has 1 aromatic heterocycles. The van der Waals surface area contributed by atoms with Gasteiger partial charge in [0.05, 0.1) is 18.5 Å². The number of rotatable bonds is 15. The minimum atomic E-state index is -1.49. The number of hydrogen-bond acceptors (Lipinski definition) is 8. The number of amides is 4. The summed E-state index contributed by atoms with van der Waals surface area (Å²) in [6.07, 6.45) is 0.868. The van der Waals surface area contributed by atoms with E-state index in [0.717, 1.165) is 5.56 Å². The van der Waals surface area contributed by atoms with Crippen LogP contribution in [0.4, 0.5) is 0 Å². The van der Waals surface area contributed by atoms with Crippen molar-refractivity contribution in [2.45, 2.75) is 62.9 Å². The predicted octanol–water partition coefficient (Wildman–Crippen LogP) is -2.29. The molecule has 0 bridgehead atoms. The lowest BCUT2D eigenvalue weighted by Gasteiger charge is -2.26. The number of hydrogen-bond donors (Lipinski definition) is 8. The number of carboxylic acids is 1. The summed E-state index contributed by atoms with van der Waals surface area (Å²) in [4.78, 5) is 68.1. The van der Waals surface area contributed by atoms with Crippen molar-refractivity contribution in [3.05, 3.63) is 54.1 Å². The molecule has 0 spiro atoms. The van der Waals surface area contributed by atoms with E-state index in [1.54, 1.807) is 24.3 Å². The molecule has 0 aliphatic heterocycles. The summed E-state index contributed by atoms with van der Waals surface area (Å²) < 4.78 is 0. The van der Waals surface area contributed by atoms with E-state index in [9.17, 15) is 34.2 Å². The molecule has 206 valence electrons. The Balaban J connectivity index is 2.10. The van der Waals surface area contributed by atoms with Crippen molar-refractivity contribution in [2.24, 2.45) is 11.5 Å². The number of carbonyl (C=O) groups excluding carboxylic acids is 4. The number of benzene rings is 1. The van der Waals surface area contributed by atoms with E-state index in [0.29, 0.717) is 5.69 Å². The van der Waals surface area contributed by atoms with Gasteiger partial charge in [0.2, 0.25) is 23.6 Å².